The van der Waals surface area contributed by atoms with Gasteiger partial charge in [-0.25, -0.2) is 0 Å². The van der Waals surface area contributed by atoms with Gasteiger partial charge in [0.05, 0.1) is 0 Å². The van der Waals surface area contributed by atoms with Crippen molar-refractivity contribution in [2.24, 2.45) is 5.92 Å². The minimum atomic E-state index is 0.727. The largest absolute Gasteiger partial charge is 0.317 e. The first-order chi connectivity index (χ1) is 8.80. The molecule has 18 heavy (non-hydrogen) atoms. The van der Waals surface area contributed by atoms with Gasteiger partial charge in [-0.1, -0.05) is 26.7 Å². The van der Waals surface area contributed by atoms with Crippen molar-refractivity contribution < 1.29 is 0 Å². The predicted octanol–water partition coefficient (Wildman–Crippen LogP) is 3.67. The molecule has 0 radical (unpaired) electrons. The second-order valence-corrected chi connectivity index (χ2v) is 5.96. The van der Waals surface area contributed by atoms with E-state index in [-0.39, 0.29) is 0 Å². The molecule has 1 aliphatic heterocycles. The lowest BCUT2D eigenvalue weighted by atomic mass is 9.96. The number of nitrogens with one attached hydrogen (secondary N) is 1. The molecule has 1 rings (SSSR count). The van der Waals surface area contributed by atoms with E-state index < -0.39 is 0 Å². The average Bonchev–Trinajstić information content (AvgIpc) is 2.61. The third kappa shape index (κ3) is 6.19. The molecule has 0 amide bonds. The number of nitrogens with zero attached hydrogens (tertiary/aromatic N) is 1. The molecule has 1 heterocycles. The van der Waals surface area contributed by atoms with Crippen molar-refractivity contribution in [2.45, 2.75) is 71.3 Å². The molecule has 1 aliphatic rings. The lowest BCUT2D eigenvalue weighted by Crippen LogP contribution is -2.29. The van der Waals surface area contributed by atoms with Crippen LogP contribution >= 0.6 is 0 Å². The average molecular weight is 254 g/mol. The Morgan fingerprint density at radius 1 is 1.22 bits per heavy atom. The van der Waals surface area contributed by atoms with Crippen LogP contribution < -0.4 is 5.32 Å². The first kappa shape index (κ1) is 16.0. The molecule has 0 spiro atoms. The van der Waals surface area contributed by atoms with Crippen LogP contribution in [0.5, 0.6) is 0 Å². The zero-order valence-corrected chi connectivity index (χ0v) is 12.9. The molecule has 0 aromatic rings. The van der Waals surface area contributed by atoms with Crippen LogP contribution in [0.3, 0.4) is 0 Å². The van der Waals surface area contributed by atoms with E-state index in [1.807, 2.05) is 0 Å². The zero-order valence-electron chi connectivity index (χ0n) is 12.9. The van der Waals surface area contributed by atoms with Gasteiger partial charge in [0, 0.05) is 6.04 Å². The van der Waals surface area contributed by atoms with Crippen LogP contribution in [0.1, 0.15) is 65.2 Å². The van der Waals surface area contributed by atoms with Crippen LogP contribution in [0.15, 0.2) is 0 Å². The molecule has 2 unspecified atom stereocenters. The summed E-state index contributed by atoms with van der Waals surface area (Å²) >= 11 is 0. The Morgan fingerprint density at radius 2 is 2.06 bits per heavy atom. The number of hydrogen-bond donors (Lipinski definition) is 1. The van der Waals surface area contributed by atoms with E-state index in [1.165, 1.54) is 71.0 Å². The highest BCUT2D eigenvalue weighted by Crippen LogP contribution is 2.22. The maximum absolute atomic E-state index is 3.41. The Hall–Kier alpha value is -0.0800. The van der Waals surface area contributed by atoms with Gasteiger partial charge in [0.15, 0.2) is 0 Å². The Kier molecular flexibility index (Phi) is 8.70. The van der Waals surface area contributed by atoms with Gasteiger partial charge in [-0.05, 0) is 71.1 Å². The van der Waals surface area contributed by atoms with Crippen molar-refractivity contribution >= 4 is 0 Å². The third-order valence-electron chi connectivity index (χ3n) is 4.57. The van der Waals surface area contributed by atoms with Gasteiger partial charge in [-0.2, -0.15) is 0 Å². The topological polar surface area (TPSA) is 15.3 Å². The van der Waals surface area contributed by atoms with Gasteiger partial charge in [0.2, 0.25) is 0 Å². The molecule has 0 saturated carbocycles. The Morgan fingerprint density at radius 3 is 2.72 bits per heavy atom. The SMILES string of the molecule is CCCC1CCCN(CCCC(CC)NC)CC1. The third-order valence-corrected chi connectivity index (χ3v) is 4.57. The maximum atomic E-state index is 3.41. The molecule has 1 fully saturated rings. The quantitative estimate of drug-likeness (QED) is 0.711. The fourth-order valence-corrected chi connectivity index (χ4v) is 3.26. The molecule has 2 heteroatoms. The van der Waals surface area contributed by atoms with Crippen molar-refractivity contribution in [3.8, 4) is 0 Å². The summed E-state index contributed by atoms with van der Waals surface area (Å²) in [4.78, 5) is 2.71. The number of likely N-dealkylation sites (tertiary alicyclic amines) is 1. The highest BCUT2D eigenvalue weighted by molar-refractivity contribution is 4.71. The van der Waals surface area contributed by atoms with Crippen LogP contribution in [-0.4, -0.2) is 37.6 Å². The van der Waals surface area contributed by atoms with Gasteiger partial charge in [0.1, 0.15) is 0 Å². The summed E-state index contributed by atoms with van der Waals surface area (Å²) in [6.45, 7) is 8.61. The first-order valence-electron chi connectivity index (χ1n) is 8.19. The van der Waals surface area contributed by atoms with Crippen molar-refractivity contribution in [1.29, 1.82) is 0 Å². The van der Waals surface area contributed by atoms with E-state index in [2.05, 4.69) is 31.1 Å². The minimum absolute atomic E-state index is 0.727. The zero-order chi connectivity index (χ0) is 13.2. The van der Waals surface area contributed by atoms with Crippen LogP contribution in [-0.2, 0) is 0 Å². The Bertz CT molecular complexity index is 190. The Labute approximate surface area is 115 Å². The summed E-state index contributed by atoms with van der Waals surface area (Å²) in [5.41, 5.74) is 0. The first-order valence-corrected chi connectivity index (χ1v) is 8.19. The molecule has 2 nitrogen and oxygen atoms in total. The van der Waals surface area contributed by atoms with Gasteiger partial charge in [-0.3, -0.25) is 0 Å². The standard InChI is InChI=1S/C16H34N2/c1-4-8-15-9-6-12-18(14-11-15)13-7-10-16(5-2)17-3/h15-17H,4-14H2,1-3H3. The van der Waals surface area contributed by atoms with Gasteiger partial charge < -0.3 is 10.2 Å². The lowest BCUT2D eigenvalue weighted by molar-refractivity contribution is 0.268. The molecule has 1 saturated heterocycles. The monoisotopic (exact) mass is 254 g/mol. The summed E-state index contributed by atoms with van der Waals surface area (Å²) in [7, 11) is 2.09. The molecular weight excluding hydrogens is 220 g/mol. The molecule has 0 bridgehead atoms. The van der Waals surface area contributed by atoms with E-state index >= 15 is 0 Å². The van der Waals surface area contributed by atoms with Crippen LogP contribution in [0.25, 0.3) is 0 Å². The lowest BCUT2D eigenvalue weighted by Gasteiger charge is -2.21. The molecule has 0 aromatic heterocycles. The molecular formula is C16H34N2. The Balaban J connectivity index is 2.15. The fraction of sp³-hybridized carbons (Fsp3) is 1.00. The normalized spacial score (nSPS) is 23.8. The molecule has 1 N–H and O–H groups in total. The highest BCUT2D eigenvalue weighted by Gasteiger charge is 2.16. The van der Waals surface area contributed by atoms with Crippen molar-refractivity contribution in [3.63, 3.8) is 0 Å². The molecule has 108 valence electrons. The van der Waals surface area contributed by atoms with E-state index in [0.29, 0.717) is 0 Å². The van der Waals surface area contributed by atoms with Gasteiger partial charge in [0.25, 0.3) is 0 Å². The molecule has 0 aliphatic carbocycles. The van der Waals surface area contributed by atoms with Crippen molar-refractivity contribution in [3.05, 3.63) is 0 Å². The second-order valence-electron chi connectivity index (χ2n) is 5.96. The van der Waals surface area contributed by atoms with Crippen molar-refractivity contribution in [1.82, 2.24) is 10.2 Å². The van der Waals surface area contributed by atoms with Crippen LogP contribution in [0.2, 0.25) is 0 Å². The summed E-state index contributed by atoms with van der Waals surface area (Å²) in [5.74, 6) is 1.01. The van der Waals surface area contributed by atoms with Gasteiger partial charge >= 0.3 is 0 Å². The van der Waals surface area contributed by atoms with E-state index in [9.17, 15) is 0 Å². The van der Waals surface area contributed by atoms with E-state index in [4.69, 9.17) is 0 Å². The van der Waals surface area contributed by atoms with E-state index in [0.717, 1.165) is 12.0 Å². The molecule has 0 aromatic carbocycles. The van der Waals surface area contributed by atoms with Crippen LogP contribution in [0, 0.1) is 5.92 Å². The predicted molar refractivity (Wildman–Crippen MR) is 81.1 cm³/mol. The van der Waals surface area contributed by atoms with E-state index in [1.54, 1.807) is 0 Å². The fourth-order valence-electron chi connectivity index (χ4n) is 3.26. The van der Waals surface area contributed by atoms with Gasteiger partial charge in [-0.15, -0.1) is 0 Å². The summed E-state index contributed by atoms with van der Waals surface area (Å²) < 4.78 is 0. The second kappa shape index (κ2) is 9.80. The maximum Gasteiger partial charge on any atom is 0.00619 e. The molecule has 2 atom stereocenters. The smallest absolute Gasteiger partial charge is 0.00619 e. The van der Waals surface area contributed by atoms with Crippen LogP contribution in [0.4, 0.5) is 0 Å². The summed E-state index contributed by atoms with van der Waals surface area (Å²) in [6, 6.07) is 0.727. The number of rotatable bonds is 8. The highest BCUT2D eigenvalue weighted by atomic mass is 15.1. The van der Waals surface area contributed by atoms with Crippen molar-refractivity contribution in [2.75, 3.05) is 26.7 Å². The summed E-state index contributed by atoms with van der Waals surface area (Å²) in [5, 5.41) is 3.41. The minimum Gasteiger partial charge on any atom is -0.317 e. The summed E-state index contributed by atoms with van der Waals surface area (Å²) in [6.07, 6.45) is 11.1. The number of hydrogen-bond acceptors (Lipinski definition) is 2.